The van der Waals surface area contributed by atoms with E-state index in [0.29, 0.717) is 12.5 Å². The zero-order chi connectivity index (χ0) is 13.1. The first kappa shape index (κ1) is 12.2. The summed E-state index contributed by atoms with van der Waals surface area (Å²) in [6, 6.07) is 18.6. The van der Waals surface area contributed by atoms with Gasteiger partial charge in [-0.05, 0) is 30.4 Å². The van der Waals surface area contributed by atoms with Crippen LogP contribution in [0.2, 0.25) is 0 Å². The topological polar surface area (TPSA) is 35.2 Å². The average Bonchev–Trinajstić information content (AvgIpc) is 3.31. The van der Waals surface area contributed by atoms with Gasteiger partial charge in [-0.3, -0.25) is 0 Å². The first-order chi connectivity index (χ1) is 9.34. The van der Waals surface area contributed by atoms with Crippen LogP contribution in [0.4, 0.5) is 0 Å². The molecule has 2 nitrogen and oxygen atoms in total. The van der Waals surface area contributed by atoms with Gasteiger partial charge in [0, 0.05) is 11.6 Å². The molecule has 2 aromatic carbocycles. The summed E-state index contributed by atoms with van der Waals surface area (Å²) in [6.07, 6.45) is 2.51. The van der Waals surface area contributed by atoms with Crippen LogP contribution in [0.3, 0.4) is 0 Å². The highest BCUT2D eigenvalue weighted by atomic mass is 16.5. The minimum Gasteiger partial charge on any atom is -0.491 e. The quantitative estimate of drug-likeness (QED) is 0.885. The Bertz CT molecular complexity index is 534. The van der Waals surface area contributed by atoms with Crippen LogP contribution in [-0.4, -0.2) is 12.6 Å². The average molecular weight is 253 g/mol. The van der Waals surface area contributed by atoms with E-state index < -0.39 is 0 Å². The molecule has 0 bridgehead atoms. The van der Waals surface area contributed by atoms with E-state index in [0.717, 1.165) is 11.3 Å². The van der Waals surface area contributed by atoms with Crippen LogP contribution < -0.4 is 10.5 Å². The molecule has 1 atom stereocenters. The van der Waals surface area contributed by atoms with Crippen molar-refractivity contribution < 1.29 is 4.74 Å². The van der Waals surface area contributed by atoms with Crippen molar-refractivity contribution in [3.05, 3.63) is 54.6 Å². The molecule has 0 aliphatic heterocycles. The van der Waals surface area contributed by atoms with Crippen molar-refractivity contribution in [2.24, 2.45) is 11.7 Å². The van der Waals surface area contributed by atoms with Crippen molar-refractivity contribution in [1.29, 1.82) is 0 Å². The van der Waals surface area contributed by atoms with Gasteiger partial charge in [-0.25, -0.2) is 0 Å². The van der Waals surface area contributed by atoms with E-state index in [-0.39, 0.29) is 6.04 Å². The largest absolute Gasteiger partial charge is 0.491 e. The molecule has 1 aliphatic carbocycles. The van der Waals surface area contributed by atoms with Gasteiger partial charge in [-0.1, -0.05) is 48.5 Å². The number of hydrogen-bond donors (Lipinski definition) is 1. The highest BCUT2D eigenvalue weighted by Crippen LogP contribution is 2.33. The molecule has 1 saturated carbocycles. The van der Waals surface area contributed by atoms with Gasteiger partial charge in [-0.15, -0.1) is 0 Å². The number of hydrogen-bond acceptors (Lipinski definition) is 2. The second-order valence-electron chi connectivity index (χ2n) is 5.17. The molecule has 3 rings (SSSR count). The summed E-state index contributed by atoms with van der Waals surface area (Å²) in [5.41, 5.74) is 8.40. The summed E-state index contributed by atoms with van der Waals surface area (Å²) in [7, 11) is 0. The van der Waals surface area contributed by atoms with Gasteiger partial charge in [0.25, 0.3) is 0 Å². The summed E-state index contributed by atoms with van der Waals surface area (Å²) < 4.78 is 5.93. The summed E-state index contributed by atoms with van der Waals surface area (Å²) in [5.74, 6) is 1.59. The standard InChI is InChI=1S/C17H19NO/c18-16(14-10-11-14)12-19-17-9-5-4-8-15(17)13-6-2-1-3-7-13/h1-9,14,16H,10-12,18H2. The maximum absolute atomic E-state index is 6.09. The van der Waals surface area contributed by atoms with Crippen LogP contribution >= 0.6 is 0 Å². The minimum atomic E-state index is 0.170. The maximum atomic E-state index is 6.09. The highest BCUT2D eigenvalue weighted by Gasteiger charge is 2.28. The fourth-order valence-corrected chi connectivity index (χ4v) is 2.30. The Labute approximate surface area is 114 Å². The molecule has 1 fully saturated rings. The Morgan fingerprint density at radius 2 is 1.68 bits per heavy atom. The van der Waals surface area contributed by atoms with E-state index in [1.165, 1.54) is 18.4 Å². The van der Waals surface area contributed by atoms with Crippen LogP contribution in [0.1, 0.15) is 12.8 Å². The molecule has 0 radical (unpaired) electrons. The monoisotopic (exact) mass is 253 g/mol. The Morgan fingerprint density at radius 3 is 2.42 bits per heavy atom. The number of nitrogens with two attached hydrogens (primary N) is 1. The first-order valence-electron chi connectivity index (χ1n) is 6.87. The third-order valence-corrected chi connectivity index (χ3v) is 3.63. The molecule has 2 N–H and O–H groups in total. The van der Waals surface area contributed by atoms with Crippen molar-refractivity contribution in [3.8, 4) is 16.9 Å². The smallest absolute Gasteiger partial charge is 0.127 e. The molecule has 0 aromatic heterocycles. The number of ether oxygens (including phenoxy) is 1. The molecule has 2 heteroatoms. The Kier molecular flexibility index (Phi) is 3.51. The predicted octanol–water partition coefficient (Wildman–Crippen LogP) is 3.47. The lowest BCUT2D eigenvalue weighted by molar-refractivity contribution is 0.277. The van der Waals surface area contributed by atoms with Crippen LogP contribution in [0.25, 0.3) is 11.1 Å². The molecular weight excluding hydrogens is 234 g/mol. The number of benzene rings is 2. The van der Waals surface area contributed by atoms with Gasteiger partial charge in [0.05, 0.1) is 0 Å². The van der Waals surface area contributed by atoms with E-state index >= 15 is 0 Å². The molecule has 98 valence electrons. The number of para-hydroxylation sites is 1. The van der Waals surface area contributed by atoms with Gasteiger partial charge in [-0.2, -0.15) is 0 Å². The second kappa shape index (κ2) is 5.45. The Hall–Kier alpha value is -1.80. The summed E-state index contributed by atoms with van der Waals surface area (Å²) >= 11 is 0. The van der Waals surface area contributed by atoms with Gasteiger partial charge >= 0.3 is 0 Å². The summed E-state index contributed by atoms with van der Waals surface area (Å²) in [5, 5.41) is 0. The maximum Gasteiger partial charge on any atom is 0.127 e. The molecule has 2 aromatic rings. The fraction of sp³-hybridized carbons (Fsp3) is 0.294. The van der Waals surface area contributed by atoms with Crippen molar-refractivity contribution >= 4 is 0 Å². The zero-order valence-electron chi connectivity index (χ0n) is 11.0. The molecule has 0 heterocycles. The Balaban J connectivity index is 1.77. The van der Waals surface area contributed by atoms with E-state index in [4.69, 9.17) is 10.5 Å². The van der Waals surface area contributed by atoms with Crippen molar-refractivity contribution in [3.63, 3.8) is 0 Å². The lowest BCUT2D eigenvalue weighted by Gasteiger charge is -2.15. The second-order valence-corrected chi connectivity index (χ2v) is 5.17. The van der Waals surface area contributed by atoms with Crippen molar-refractivity contribution in [2.75, 3.05) is 6.61 Å². The first-order valence-corrected chi connectivity index (χ1v) is 6.87. The van der Waals surface area contributed by atoms with Gasteiger partial charge in [0.2, 0.25) is 0 Å². The highest BCUT2D eigenvalue weighted by molar-refractivity contribution is 5.70. The molecule has 1 aliphatic rings. The van der Waals surface area contributed by atoms with Gasteiger partial charge in [0.1, 0.15) is 12.4 Å². The number of rotatable bonds is 5. The summed E-state index contributed by atoms with van der Waals surface area (Å²) in [4.78, 5) is 0. The van der Waals surface area contributed by atoms with Crippen LogP contribution in [0, 0.1) is 5.92 Å². The lowest BCUT2D eigenvalue weighted by atomic mass is 10.0. The van der Waals surface area contributed by atoms with E-state index in [1.807, 2.05) is 36.4 Å². The molecule has 0 spiro atoms. The van der Waals surface area contributed by atoms with E-state index in [2.05, 4.69) is 18.2 Å². The van der Waals surface area contributed by atoms with E-state index in [1.54, 1.807) is 0 Å². The van der Waals surface area contributed by atoms with E-state index in [9.17, 15) is 0 Å². The lowest BCUT2D eigenvalue weighted by Crippen LogP contribution is -2.29. The van der Waals surface area contributed by atoms with Crippen LogP contribution in [-0.2, 0) is 0 Å². The van der Waals surface area contributed by atoms with Crippen LogP contribution in [0.15, 0.2) is 54.6 Å². The third kappa shape index (κ3) is 2.96. The molecule has 0 amide bonds. The predicted molar refractivity (Wildman–Crippen MR) is 78.1 cm³/mol. The fourth-order valence-electron chi connectivity index (χ4n) is 2.30. The Morgan fingerprint density at radius 1 is 1.00 bits per heavy atom. The van der Waals surface area contributed by atoms with Crippen molar-refractivity contribution in [1.82, 2.24) is 0 Å². The summed E-state index contributed by atoms with van der Waals surface area (Å²) in [6.45, 7) is 0.606. The zero-order valence-corrected chi connectivity index (χ0v) is 11.0. The van der Waals surface area contributed by atoms with Gasteiger partial charge < -0.3 is 10.5 Å². The minimum absolute atomic E-state index is 0.170. The SMILES string of the molecule is NC(COc1ccccc1-c1ccccc1)C1CC1. The van der Waals surface area contributed by atoms with Crippen LogP contribution in [0.5, 0.6) is 5.75 Å². The molecular formula is C17H19NO. The normalized spacial score (nSPS) is 16.1. The molecule has 1 unspecified atom stereocenters. The van der Waals surface area contributed by atoms with Gasteiger partial charge in [0.15, 0.2) is 0 Å². The third-order valence-electron chi connectivity index (χ3n) is 3.63. The van der Waals surface area contributed by atoms with Crippen molar-refractivity contribution in [2.45, 2.75) is 18.9 Å². The molecule has 19 heavy (non-hydrogen) atoms. The molecule has 0 saturated heterocycles.